The Labute approximate surface area is 138 Å². The average molecular weight is 334 g/mol. The Morgan fingerprint density at radius 2 is 2.00 bits per heavy atom. The van der Waals surface area contributed by atoms with Crippen LogP contribution in [0.1, 0.15) is 18.1 Å². The molecule has 1 heterocycles. The first-order valence-corrected chi connectivity index (χ1v) is 8.31. The molecule has 0 saturated carbocycles. The van der Waals surface area contributed by atoms with Gasteiger partial charge in [-0.15, -0.1) is 11.8 Å². The minimum Gasteiger partial charge on any atom is -0.508 e. The molecule has 5 heteroatoms. The summed E-state index contributed by atoms with van der Waals surface area (Å²) in [6, 6.07) is 12.7. The molecular formula is C17H16ClNO2S. The van der Waals surface area contributed by atoms with Gasteiger partial charge in [-0.1, -0.05) is 35.4 Å². The van der Waals surface area contributed by atoms with Crippen LogP contribution in [0.25, 0.3) is 0 Å². The van der Waals surface area contributed by atoms with Crippen molar-refractivity contribution in [3.05, 3.63) is 58.6 Å². The number of rotatable bonds is 2. The summed E-state index contributed by atoms with van der Waals surface area (Å²) in [5.74, 6) is 0.531. The van der Waals surface area contributed by atoms with Gasteiger partial charge in [0.05, 0.1) is 16.5 Å². The molecule has 1 aliphatic rings. The van der Waals surface area contributed by atoms with Crippen molar-refractivity contribution in [1.82, 2.24) is 0 Å². The van der Waals surface area contributed by atoms with Crippen LogP contribution in [0, 0.1) is 6.92 Å². The standard InChI is InChI=1S/C17H16ClNO2S/c1-11-7-8-15(20)12(9-11)17(2)19(16(21)10-22-17)14-6-4-3-5-13(14)18/h3-9,20H,10H2,1-2H3. The molecule has 114 valence electrons. The SMILES string of the molecule is Cc1ccc(O)c(C2(C)SCC(=O)N2c2ccccc2Cl)c1. The number of hydrogen-bond acceptors (Lipinski definition) is 3. The number of hydrogen-bond donors (Lipinski definition) is 1. The first-order chi connectivity index (χ1) is 10.4. The summed E-state index contributed by atoms with van der Waals surface area (Å²) < 4.78 is 0. The Morgan fingerprint density at radius 3 is 2.73 bits per heavy atom. The number of carbonyl (C=O) groups excluding carboxylic acids is 1. The van der Waals surface area contributed by atoms with Gasteiger partial charge in [0, 0.05) is 5.56 Å². The van der Waals surface area contributed by atoms with E-state index < -0.39 is 4.87 Å². The maximum atomic E-state index is 12.5. The van der Waals surface area contributed by atoms with E-state index >= 15 is 0 Å². The van der Waals surface area contributed by atoms with Crippen LogP contribution in [0.3, 0.4) is 0 Å². The molecular weight excluding hydrogens is 318 g/mol. The third-order valence-corrected chi connectivity index (χ3v) is 5.57. The summed E-state index contributed by atoms with van der Waals surface area (Å²) >= 11 is 7.79. The van der Waals surface area contributed by atoms with Crippen molar-refractivity contribution >= 4 is 35.0 Å². The van der Waals surface area contributed by atoms with Crippen molar-refractivity contribution in [2.24, 2.45) is 0 Å². The zero-order chi connectivity index (χ0) is 15.9. The largest absolute Gasteiger partial charge is 0.508 e. The fraction of sp³-hybridized carbons (Fsp3) is 0.235. The maximum Gasteiger partial charge on any atom is 0.238 e. The highest BCUT2D eigenvalue weighted by Gasteiger charge is 2.46. The van der Waals surface area contributed by atoms with Gasteiger partial charge in [-0.05, 0) is 38.1 Å². The topological polar surface area (TPSA) is 40.5 Å². The van der Waals surface area contributed by atoms with Gasteiger partial charge in [0.1, 0.15) is 10.6 Å². The first-order valence-electron chi connectivity index (χ1n) is 6.95. The van der Waals surface area contributed by atoms with Crippen LogP contribution in [0.2, 0.25) is 5.02 Å². The van der Waals surface area contributed by atoms with Crippen molar-refractivity contribution in [2.45, 2.75) is 18.7 Å². The molecule has 0 radical (unpaired) electrons. The Kier molecular flexibility index (Phi) is 3.83. The van der Waals surface area contributed by atoms with E-state index in [1.54, 1.807) is 17.0 Å². The summed E-state index contributed by atoms with van der Waals surface area (Å²) in [5.41, 5.74) is 2.43. The molecule has 2 aromatic rings. The van der Waals surface area contributed by atoms with Gasteiger partial charge in [0.2, 0.25) is 5.91 Å². The Bertz CT molecular complexity index is 749. The van der Waals surface area contributed by atoms with Crippen LogP contribution in [0.15, 0.2) is 42.5 Å². The summed E-state index contributed by atoms with van der Waals surface area (Å²) in [6.45, 7) is 3.91. The predicted octanol–water partition coefficient (Wildman–Crippen LogP) is 4.31. The minimum absolute atomic E-state index is 0.0125. The molecule has 22 heavy (non-hydrogen) atoms. The summed E-state index contributed by atoms with van der Waals surface area (Å²) in [4.78, 5) is 13.5. The zero-order valence-corrected chi connectivity index (χ0v) is 13.9. The number of phenols is 1. The number of anilines is 1. The molecule has 1 atom stereocenters. The second kappa shape index (κ2) is 5.52. The third-order valence-electron chi connectivity index (χ3n) is 3.90. The number of phenolic OH excluding ortho intramolecular Hbond substituents is 1. The monoisotopic (exact) mass is 333 g/mol. The van der Waals surface area contributed by atoms with Crippen LogP contribution in [-0.2, 0) is 9.67 Å². The Morgan fingerprint density at radius 1 is 1.27 bits per heavy atom. The number of amides is 1. The lowest BCUT2D eigenvalue weighted by Gasteiger charge is -2.35. The molecule has 2 aromatic carbocycles. The van der Waals surface area contributed by atoms with Crippen molar-refractivity contribution in [3.8, 4) is 5.75 Å². The van der Waals surface area contributed by atoms with E-state index in [2.05, 4.69) is 0 Å². The molecule has 3 nitrogen and oxygen atoms in total. The van der Waals surface area contributed by atoms with E-state index in [1.165, 1.54) is 11.8 Å². The first kappa shape index (κ1) is 15.3. The average Bonchev–Trinajstić information content (AvgIpc) is 2.79. The van der Waals surface area contributed by atoms with E-state index in [1.807, 2.05) is 44.2 Å². The van der Waals surface area contributed by atoms with Gasteiger partial charge in [0.25, 0.3) is 0 Å². The van der Waals surface area contributed by atoms with Gasteiger partial charge in [0.15, 0.2) is 0 Å². The van der Waals surface area contributed by atoms with E-state index in [0.29, 0.717) is 16.5 Å². The lowest BCUT2D eigenvalue weighted by atomic mass is 10.0. The summed E-state index contributed by atoms with van der Waals surface area (Å²) in [7, 11) is 0. The fourth-order valence-electron chi connectivity index (χ4n) is 2.79. The number of benzene rings is 2. The molecule has 1 aliphatic heterocycles. The molecule has 1 unspecified atom stereocenters. The van der Waals surface area contributed by atoms with Gasteiger partial charge in [-0.25, -0.2) is 0 Å². The van der Waals surface area contributed by atoms with Gasteiger partial charge in [-0.2, -0.15) is 0 Å². The molecule has 1 amide bonds. The Balaban J connectivity index is 2.18. The molecule has 0 aromatic heterocycles. The number of para-hydroxylation sites is 1. The van der Waals surface area contributed by atoms with E-state index in [0.717, 1.165) is 11.1 Å². The normalized spacial score (nSPS) is 21.4. The number of nitrogens with zero attached hydrogens (tertiary/aromatic N) is 1. The minimum atomic E-state index is -0.682. The van der Waals surface area contributed by atoms with Gasteiger partial charge in [-0.3, -0.25) is 9.69 Å². The van der Waals surface area contributed by atoms with Crippen molar-refractivity contribution in [2.75, 3.05) is 10.7 Å². The van der Waals surface area contributed by atoms with Crippen LogP contribution < -0.4 is 4.90 Å². The van der Waals surface area contributed by atoms with Crippen molar-refractivity contribution < 1.29 is 9.90 Å². The Hall–Kier alpha value is -1.65. The van der Waals surface area contributed by atoms with Crippen LogP contribution in [-0.4, -0.2) is 16.8 Å². The fourth-order valence-corrected chi connectivity index (χ4v) is 4.19. The predicted molar refractivity (Wildman–Crippen MR) is 91.6 cm³/mol. The number of thioether (sulfide) groups is 1. The molecule has 1 fully saturated rings. The number of halogens is 1. The quantitative estimate of drug-likeness (QED) is 0.890. The zero-order valence-electron chi connectivity index (χ0n) is 12.3. The number of aryl methyl sites for hydroxylation is 1. The van der Waals surface area contributed by atoms with E-state index in [9.17, 15) is 9.90 Å². The molecule has 3 rings (SSSR count). The highest BCUT2D eigenvalue weighted by Crippen LogP contribution is 2.51. The van der Waals surface area contributed by atoms with Crippen LogP contribution >= 0.6 is 23.4 Å². The molecule has 0 bridgehead atoms. The molecule has 0 aliphatic carbocycles. The summed E-state index contributed by atoms with van der Waals surface area (Å²) in [5, 5.41) is 10.8. The lowest BCUT2D eigenvalue weighted by molar-refractivity contribution is -0.116. The van der Waals surface area contributed by atoms with E-state index in [-0.39, 0.29) is 11.7 Å². The molecule has 0 spiro atoms. The third kappa shape index (κ3) is 2.36. The van der Waals surface area contributed by atoms with Crippen molar-refractivity contribution in [3.63, 3.8) is 0 Å². The number of carbonyl (C=O) groups is 1. The maximum absolute atomic E-state index is 12.5. The van der Waals surface area contributed by atoms with Gasteiger partial charge < -0.3 is 5.11 Å². The van der Waals surface area contributed by atoms with Gasteiger partial charge >= 0.3 is 0 Å². The smallest absolute Gasteiger partial charge is 0.238 e. The van der Waals surface area contributed by atoms with Crippen LogP contribution in [0.5, 0.6) is 5.75 Å². The lowest BCUT2D eigenvalue weighted by Crippen LogP contribution is -2.40. The van der Waals surface area contributed by atoms with Crippen molar-refractivity contribution in [1.29, 1.82) is 0 Å². The van der Waals surface area contributed by atoms with E-state index in [4.69, 9.17) is 11.6 Å². The second-order valence-electron chi connectivity index (χ2n) is 5.47. The molecule has 1 saturated heterocycles. The van der Waals surface area contributed by atoms with Crippen LogP contribution in [0.4, 0.5) is 5.69 Å². The highest BCUT2D eigenvalue weighted by molar-refractivity contribution is 8.01. The molecule has 1 N–H and O–H groups in total. The number of aromatic hydroxyl groups is 1. The highest BCUT2D eigenvalue weighted by atomic mass is 35.5. The second-order valence-corrected chi connectivity index (χ2v) is 7.25. The summed E-state index contributed by atoms with van der Waals surface area (Å²) in [6.07, 6.45) is 0.